The molecule has 0 heterocycles. The lowest BCUT2D eigenvalue weighted by Crippen LogP contribution is -2.37. The summed E-state index contributed by atoms with van der Waals surface area (Å²) < 4.78 is 34.7. The maximum Gasteiger partial charge on any atom is 0.306 e. The molecular weight excluding hydrogens is 842 g/mol. The van der Waals surface area contributed by atoms with E-state index in [1.54, 1.807) is 0 Å². The van der Waals surface area contributed by atoms with Crippen molar-refractivity contribution in [2.75, 3.05) is 54.1 Å². The van der Waals surface area contributed by atoms with Gasteiger partial charge in [-0.3, -0.25) is 9.36 Å². The zero-order valence-electron chi connectivity index (χ0n) is 43.1. The summed E-state index contributed by atoms with van der Waals surface area (Å²) in [5, 5.41) is 0. The van der Waals surface area contributed by atoms with Crippen LogP contribution in [-0.2, 0) is 27.9 Å². The molecule has 0 rings (SSSR count). The number of esters is 1. The lowest BCUT2D eigenvalue weighted by Gasteiger charge is -2.28. The molecule has 66 heavy (non-hydrogen) atoms. The van der Waals surface area contributed by atoms with Gasteiger partial charge in [0.15, 0.2) is 0 Å². The van der Waals surface area contributed by atoms with Gasteiger partial charge in [0, 0.05) is 13.0 Å². The average molecular weight is 942 g/mol. The minimum absolute atomic E-state index is 0.0168. The van der Waals surface area contributed by atoms with Crippen LogP contribution >= 0.6 is 7.82 Å². The number of likely N-dealkylation sites (N-methyl/N-ethyl adjacent to an activating group) is 1. The lowest BCUT2D eigenvalue weighted by atomic mass is 10.1. The molecule has 0 radical (unpaired) electrons. The molecule has 0 aliphatic heterocycles. The predicted molar refractivity (Wildman–Crippen MR) is 281 cm³/mol. The van der Waals surface area contributed by atoms with Crippen molar-refractivity contribution in [2.24, 2.45) is 0 Å². The van der Waals surface area contributed by atoms with E-state index in [2.05, 4.69) is 111 Å². The van der Waals surface area contributed by atoms with Gasteiger partial charge in [-0.05, 0) is 96.3 Å². The first-order valence-corrected chi connectivity index (χ1v) is 27.9. The SMILES string of the molecule is CC/C=C\C/C=C\C/C=C\C/C=C\C/C=C\C/C=C\CCCCCCCCCOCC(COP(=O)([O-])OCC[N+](C)(C)C)OC(=O)CCCCCCCCC/C=C\C/C=C\CCCCCC. The van der Waals surface area contributed by atoms with Crippen molar-refractivity contribution < 1.29 is 37.3 Å². The zero-order valence-corrected chi connectivity index (χ0v) is 44.0. The fourth-order valence-corrected chi connectivity index (χ4v) is 7.54. The molecule has 0 fully saturated rings. The van der Waals surface area contributed by atoms with Crippen LogP contribution < -0.4 is 4.89 Å². The number of phosphoric acid groups is 1. The number of rotatable bonds is 48. The highest BCUT2D eigenvalue weighted by Gasteiger charge is 2.20. The largest absolute Gasteiger partial charge is 0.756 e. The van der Waals surface area contributed by atoms with E-state index >= 15 is 0 Å². The molecule has 0 bridgehead atoms. The van der Waals surface area contributed by atoms with Crippen LogP contribution in [0.4, 0.5) is 0 Å². The minimum Gasteiger partial charge on any atom is -0.756 e. The maximum atomic E-state index is 12.8. The van der Waals surface area contributed by atoms with Crippen molar-refractivity contribution in [3.05, 3.63) is 97.2 Å². The first-order chi connectivity index (χ1) is 32.1. The molecule has 380 valence electrons. The van der Waals surface area contributed by atoms with E-state index in [9.17, 15) is 14.3 Å². The Morgan fingerprint density at radius 3 is 1.32 bits per heavy atom. The lowest BCUT2D eigenvalue weighted by molar-refractivity contribution is -0.870. The Kier molecular flexibility index (Phi) is 47.0. The molecule has 0 amide bonds. The molecule has 0 aliphatic rings. The molecule has 2 unspecified atom stereocenters. The normalized spacial score (nSPS) is 14.3. The van der Waals surface area contributed by atoms with Crippen LogP contribution in [-0.4, -0.2) is 70.7 Å². The first kappa shape index (κ1) is 63.4. The molecule has 0 aromatic heterocycles. The molecule has 0 N–H and O–H groups in total. The van der Waals surface area contributed by atoms with Gasteiger partial charge in [-0.15, -0.1) is 0 Å². The number of ether oxygens (including phenoxy) is 2. The number of carbonyl (C=O) groups excluding carboxylic acids is 1. The second-order valence-corrected chi connectivity index (χ2v) is 19.9. The topological polar surface area (TPSA) is 94.1 Å². The van der Waals surface area contributed by atoms with Crippen LogP contribution in [0.5, 0.6) is 0 Å². The average Bonchev–Trinajstić information content (AvgIpc) is 3.28. The van der Waals surface area contributed by atoms with Crippen molar-refractivity contribution in [3.8, 4) is 0 Å². The van der Waals surface area contributed by atoms with Crippen molar-refractivity contribution in [1.29, 1.82) is 0 Å². The maximum absolute atomic E-state index is 12.8. The summed E-state index contributed by atoms with van der Waals surface area (Å²) in [7, 11) is 1.33. The van der Waals surface area contributed by atoms with Crippen molar-refractivity contribution in [1.82, 2.24) is 0 Å². The van der Waals surface area contributed by atoms with Crippen LogP contribution in [0.1, 0.15) is 200 Å². The van der Waals surface area contributed by atoms with Crippen molar-refractivity contribution in [2.45, 2.75) is 206 Å². The monoisotopic (exact) mass is 942 g/mol. The van der Waals surface area contributed by atoms with Crippen LogP contribution in [0.3, 0.4) is 0 Å². The number of carbonyl (C=O) groups is 1. The Bertz CT molecular complexity index is 1370. The highest BCUT2D eigenvalue weighted by molar-refractivity contribution is 7.45. The third-order valence-electron chi connectivity index (χ3n) is 10.9. The van der Waals surface area contributed by atoms with Crippen molar-refractivity contribution >= 4 is 13.8 Å². The van der Waals surface area contributed by atoms with E-state index in [-0.39, 0.29) is 25.8 Å². The Morgan fingerprint density at radius 2 is 0.879 bits per heavy atom. The summed E-state index contributed by atoms with van der Waals surface area (Å²) in [4.78, 5) is 25.2. The molecule has 9 heteroatoms. The number of hydrogen-bond donors (Lipinski definition) is 0. The second kappa shape index (κ2) is 48.9. The summed E-state index contributed by atoms with van der Waals surface area (Å²) in [6.45, 7) is 5.23. The Morgan fingerprint density at radius 1 is 0.485 bits per heavy atom. The molecule has 2 atom stereocenters. The number of nitrogens with zero attached hydrogens (tertiary/aromatic N) is 1. The Balaban J connectivity index is 4.19. The van der Waals surface area contributed by atoms with Gasteiger partial charge in [0.2, 0.25) is 0 Å². The summed E-state index contributed by atoms with van der Waals surface area (Å²) in [6, 6.07) is 0. The number of unbranched alkanes of at least 4 members (excludes halogenated alkanes) is 18. The van der Waals surface area contributed by atoms with Gasteiger partial charge in [0.05, 0.1) is 34.4 Å². The Hall–Kier alpha value is -2.58. The van der Waals surface area contributed by atoms with Crippen LogP contribution in [0.25, 0.3) is 0 Å². The summed E-state index contributed by atoms with van der Waals surface area (Å²) >= 11 is 0. The summed E-state index contributed by atoms with van der Waals surface area (Å²) in [5.41, 5.74) is 0. The van der Waals surface area contributed by atoms with Crippen molar-refractivity contribution in [3.63, 3.8) is 0 Å². The minimum atomic E-state index is -4.54. The molecule has 0 aromatic rings. The fraction of sp³-hybridized carbons (Fsp3) is 0.702. The summed E-state index contributed by atoms with van der Waals surface area (Å²) in [6.07, 6.45) is 67.1. The van der Waals surface area contributed by atoms with E-state index in [1.165, 1.54) is 83.5 Å². The van der Waals surface area contributed by atoms with E-state index in [0.717, 1.165) is 96.3 Å². The van der Waals surface area contributed by atoms with Gasteiger partial charge >= 0.3 is 5.97 Å². The third-order valence-corrected chi connectivity index (χ3v) is 11.8. The fourth-order valence-electron chi connectivity index (χ4n) is 6.81. The number of phosphoric ester groups is 1. The standard InChI is InChI=1S/C57H100NO7P/c1-6-8-10-12-14-16-18-20-22-24-26-27-28-29-30-31-32-33-35-37-39-41-43-45-47-49-52-62-54-56(55-64-66(60,61)63-53-51-58(3,4)5)65-57(59)50-48-46-44-42-40-38-36-34-25-23-21-19-17-15-13-11-9-7-2/h8,10,14,16-17,19-20,22-23,25-27,29-30,32-33,56H,6-7,9,11-13,15,18,21,24,28,31,34-55H2,1-5H3/b10-8-,16-14-,19-17-,22-20-,25-23-,27-26-,30-29-,33-32-. The quantitative estimate of drug-likeness (QED) is 0.0197. The van der Waals surface area contributed by atoms with E-state index in [4.69, 9.17) is 18.5 Å². The molecule has 0 saturated carbocycles. The highest BCUT2D eigenvalue weighted by atomic mass is 31.2. The first-order valence-electron chi connectivity index (χ1n) is 26.5. The van der Waals surface area contributed by atoms with E-state index in [1.807, 2.05) is 21.1 Å². The smallest absolute Gasteiger partial charge is 0.306 e. The molecule has 8 nitrogen and oxygen atoms in total. The van der Waals surface area contributed by atoms with Gasteiger partial charge in [0.1, 0.15) is 19.3 Å². The van der Waals surface area contributed by atoms with Gasteiger partial charge < -0.3 is 27.9 Å². The van der Waals surface area contributed by atoms with Gasteiger partial charge in [-0.1, -0.05) is 195 Å². The van der Waals surface area contributed by atoms with E-state index in [0.29, 0.717) is 24.1 Å². The van der Waals surface area contributed by atoms with E-state index < -0.39 is 13.9 Å². The van der Waals surface area contributed by atoms with Crippen LogP contribution in [0.15, 0.2) is 97.2 Å². The van der Waals surface area contributed by atoms with Gasteiger partial charge in [0.25, 0.3) is 7.82 Å². The predicted octanol–water partition coefficient (Wildman–Crippen LogP) is 15.9. The number of hydrogen-bond acceptors (Lipinski definition) is 7. The van der Waals surface area contributed by atoms with Crippen LogP contribution in [0, 0.1) is 0 Å². The molecule has 0 aromatic carbocycles. The third kappa shape index (κ3) is 52.4. The molecule has 0 aliphatic carbocycles. The Labute approximate surface area is 407 Å². The van der Waals surface area contributed by atoms with Gasteiger partial charge in [-0.25, -0.2) is 0 Å². The molecular formula is C57H100NO7P. The van der Waals surface area contributed by atoms with Gasteiger partial charge in [-0.2, -0.15) is 0 Å². The molecule has 0 saturated heterocycles. The van der Waals surface area contributed by atoms with Crippen LogP contribution in [0.2, 0.25) is 0 Å². The summed E-state index contributed by atoms with van der Waals surface area (Å²) in [5.74, 6) is -0.349. The zero-order chi connectivity index (χ0) is 48.3. The highest BCUT2D eigenvalue weighted by Crippen LogP contribution is 2.38. The second-order valence-electron chi connectivity index (χ2n) is 18.5. The number of allylic oxidation sites excluding steroid dienone is 16. The number of quaternary nitrogens is 1. The molecule has 0 spiro atoms.